The van der Waals surface area contributed by atoms with Crippen LogP contribution in [0.4, 0.5) is 24.5 Å². The van der Waals surface area contributed by atoms with Crippen LogP contribution < -0.4 is 5.32 Å². The second kappa shape index (κ2) is 7.06. The Morgan fingerprint density at radius 2 is 2.00 bits per heavy atom. The van der Waals surface area contributed by atoms with Crippen molar-refractivity contribution >= 4 is 33.2 Å². The van der Waals surface area contributed by atoms with Gasteiger partial charge in [0.05, 0.1) is 15.1 Å². The first kappa shape index (κ1) is 19.9. The maximum atomic E-state index is 12.9. The van der Waals surface area contributed by atoms with Gasteiger partial charge in [-0.1, -0.05) is 0 Å². The molecule has 2 rings (SSSR count). The highest BCUT2D eigenvalue weighted by Crippen LogP contribution is 2.36. The summed E-state index contributed by atoms with van der Waals surface area (Å²) in [4.78, 5) is 22.6. The van der Waals surface area contributed by atoms with E-state index in [9.17, 15) is 28.1 Å². The number of aromatic nitrogens is 2. The van der Waals surface area contributed by atoms with Gasteiger partial charge in [0.1, 0.15) is 6.04 Å². The van der Waals surface area contributed by atoms with E-state index in [2.05, 4.69) is 26.3 Å². The minimum Gasteiger partial charge on any atom is -0.324 e. The summed E-state index contributed by atoms with van der Waals surface area (Å²) < 4.78 is 39.6. The first-order valence-corrected chi connectivity index (χ1v) is 8.10. The molecule has 26 heavy (non-hydrogen) atoms. The molecule has 0 bridgehead atoms. The summed E-state index contributed by atoms with van der Waals surface area (Å²) in [5, 5.41) is 16.8. The van der Waals surface area contributed by atoms with Crippen LogP contribution in [-0.2, 0) is 11.0 Å². The molecule has 1 aromatic heterocycles. The number of nitro groups is 1. The lowest BCUT2D eigenvalue weighted by molar-refractivity contribution is -0.384. The van der Waals surface area contributed by atoms with E-state index >= 15 is 0 Å². The van der Waals surface area contributed by atoms with Crippen molar-refractivity contribution in [2.24, 2.45) is 0 Å². The van der Waals surface area contributed by atoms with Gasteiger partial charge in [0, 0.05) is 17.8 Å². The fraction of sp³-hybridized carbons (Fsp3) is 0.333. The number of hydrogen-bond acceptors (Lipinski definition) is 4. The van der Waals surface area contributed by atoms with Gasteiger partial charge in [-0.15, -0.1) is 0 Å². The van der Waals surface area contributed by atoms with Crippen molar-refractivity contribution in [3.63, 3.8) is 0 Å². The summed E-state index contributed by atoms with van der Waals surface area (Å²) in [7, 11) is 0. The SMILES string of the molecule is Cc1cc([N+](=O)[O-])ccc1NC(=O)C(C)n1nc(C(F)(F)F)c(Br)c1C. The number of non-ortho nitro benzene ring substituents is 1. The number of hydrogen-bond donors (Lipinski definition) is 1. The van der Waals surface area contributed by atoms with Crippen molar-refractivity contribution in [2.75, 3.05) is 5.32 Å². The van der Waals surface area contributed by atoms with Crippen molar-refractivity contribution in [1.82, 2.24) is 9.78 Å². The molecule has 2 aromatic rings. The molecule has 1 amide bonds. The van der Waals surface area contributed by atoms with Gasteiger partial charge in [0.2, 0.25) is 5.91 Å². The van der Waals surface area contributed by atoms with Gasteiger partial charge in [-0.2, -0.15) is 18.3 Å². The number of rotatable bonds is 4. The van der Waals surface area contributed by atoms with Crippen LogP contribution in [0.25, 0.3) is 0 Å². The fourth-order valence-corrected chi connectivity index (χ4v) is 2.79. The van der Waals surface area contributed by atoms with E-state index in [-0.39, 0.29) is 15.9 Å². The van der Waals surface area contributed by atoms with Crippen LogP contribution in [0.3, 0.4) is 0 Å². The highest BCUT2D eigenvalue weighted by molar-refractivity contribution is 9.10. The van der Waals surface area contributed by atoms with Gasteiger partial charge in [-0.3, -0.25) is 19.6 Å². The summed E-state index contributed by atoms with van der Waals surface area (Å²) in [6.07, 6.45) is -4.65. The molecule has 1 heterocycles. The molecular weight excluding hydrogens is 421 g/mol. The minimum absolute atomic E-state index is 0.129. The molecule has 0 fully saturated rings. The van der Waals surface area contributed by atoms with E-state index in [0.717, 1.165) is 4.68 Å². The lowest BCUT2D eigenvalue weighted by Gasteiger charge is -2.15. The molecule has 0 saturated heterocycles. The van der Waals surface area contributed by atoms with E-state index in [1.165, 1.54) is 32.0 Å². The van der Waals surface area contributed by atoms with Crippen molar-refractivity contribution in [2.45, 2.75) is 33.0 Å². The zero-order valence-corrected chi connectivity index (χ0v) is 15.5. The molecule has 1 unspecified atom stereocenters. The molecule has 1 atom stereocenters. The Morgan fingerprint density at radius 1 is 1.38 bits per heavy atom. The Hall–Kier alpha value is -2.43. The molecule has 0 spiro atoms. The van der Waals surface area contributed by atoms with Crippen LogP contribution in [0.5, 0.6) is 0 Å². The number of halogens is 4. The van der Waals surface area contributed by atoms with E-state index in [1.807, 2.05) is 0 Å². The first-order chi connectivity index (χ1) is 11.9. The smallest absolute Gasteiger partial charge is 0.324 e. The summed E-state index contributed by atoms with van der Waals surface area (Å²) in [6.45, 7) is 4.39. The molecule has 1 aromatic carbocycles. The molecule has 1 N–H and O–H groups in total. The molecule has 11 heteroatoms. The van der Waals surface area contributed by atoms with Crippen LogP contribution >= 0.6 is 15.9 Å². The minimum atomic E-state index is -4.65. The topological polar surface area (TPSA) is 90.1 Å². The van der Waals surface area contributed by atoms with Gasteiger partial charge in [0.15, 0.2) is 5.69 Å². The average Bonchev–Trinajstić information content (AvgIpc) is 2.84. The number of amides is 1. The van der Waals surface area contributed by atoms with Crippen molar-refractivity contribution in [3.8, 4) is 0 Å². The number of nitrogens with one attached hydrogen (secondary N) is 1. The first-order valence-electron chi connectivity index (χ1n) is 7.31. The van der Waals surface area contributed by atoms with Crippen LogP contribution in [-0.4, -0.2) is 20.6 Å². The molecule has 0 aliphatic carbocycles. The van der Waals surface area contributed by atoms with Crippen LogP contribution in [0.15, 0.2) is 22.7 Å². The molecule has 0 aliphatic rings. The Bertz CT molecular complexity index is 880. The molecule has 0 radical (unpaired) electrons. The largest absolute Gasteiger partial charge is 0.436 e. The van der Waals surface area contributed by atoms with Crippen molar-refractivity contribution < 1.29 is 22.9 Å². The number of benzene rings is 1. The Morgan fingerprint density at radius 3 is 2.46 bits per heavy atom. The van der Waals surface area contributed by atoms with E-state index in [0.29, 0.717) is 11.3 Å². The summed E-state index contributed by atoms with van der Waals surface area (Å²) in [6, 6.07) is 2.85. The molecule has 0 aliphatic heterocycles. The second-order valence-corrected chi connectivity index (χ2v) is 6.40. The third-order valence-electron chi connectivity index (χ3n) is 3.77. The number of nitrogens with zero attached hydrogens (tertiary/aromatic N) is 3. The maximum Gasteiger partial charge on any atom is 0.436 e. The number of anilines is 1. The third kappa shape index (κ3) is 3.87. The monoisotopic (exact) mass is 434 g/mol. The van der Waals surface area contributed by atoms with Crippen molar-refractivity contribution in [3.05, 3.63) is 49.7 Å². The molecular formula is C15H14BrF3N4O3. The van der Waals surface area contributed by atoms with E-state index in [4.69, 9.17) is 0 Å². The Balaban J connectivity index is 2.27. The maximum absolute atomic E-state index is 12.9. The van der Waals surface area contributed by atoms with Crippen LogP contribution in [0.2, 0.25) is 0 Å². The lowest BCUT2D eigenvalue weighted by Crippen LogP contribution is -2.26. The van der Waals surface area contributed by atoms with Crippen LogP contribution in [0, 0.1) is 24.0 Å². The normalized spacial score (nSPS) is 12.7. The summed E-state index contributed by atoms with van der Waals surface area (Å²) in [5.74, 6) is -0.603. The predicted octanol–water partition coefficient (Wildman–Crippen LogP) is 4.39. The quantitative estimate of drug-likeness (QED) is 0.570. The lowest BCUT2D eigenvalue weighted by atomic mass is 10.1. The van der Waals surface area contributed by atoms with E-state index in [1.54, 1.807) is 6.92 Å². The van der Waals surface area contributed by atoms with Crippen molar-refractivity contribution in [1.29, 1.82) is 0 Å². The summed E-state index contributed by atoms with van der Waals surface area (Å²) >= 11 is 2.86. The highest BCUT2D eigenvalue weighted by atomic mass is 79.9. The Labute approximate surface area is 154 Å². The average molecular weight is 435 g/mol. The van der Waals surface area contributed by atoms with Gasteiger partial charge in [-0.25, -0.2) is 0 Å². The van der Waals surface area contributed by atoms with Gasteiger partial charge in [-0.05, 0) is 48.3 Å². The zero-order chi connectivity index (χ0) is 19.8. The zero-order valence-electron chi connectivity index (χ0n) is 13.9. The number of nitro benzene ring substituents is 1. The number of carbonyl (C=O) groups is 1. The van der Waals surface area contributed by atoms with Gasteiger partial charge >= 0.3 is 6.18 Å². The van der Waals surface area contributed by atoms with Gasteiger partial charge < -0.3 is 5.32 Å². The van der Waals surface area contributed by atoms with Crippen LogP contribution in [0.1, 0.15) is 29.9 Å². The van der Waals surface area contributed by atoms with Gasteiger partial charge in [0.25, 0.3) is 5.69 Å². The summed E-state index contributed by atoms with van der Waals surface area (Å²) in [5.41, 5.74) is -0.307. The predicted molar refractivity (Wildman–Crippen MR) is 90.8 cm³/mol. The Kier molecular flexibility index (Phi) is 5.40. The number of aryl methyl sites for hydroxylation is 1. The third-order valence-corrected chi connectivity index (χ3v) is 4.72. The second-order valence-electron chi connectivity index (χ2n) is 5.61. The van der Waals surface area contributed by atoms with E-state index < -0.39 is 28.7 Å². The molecule has 140 valence electrons. The highest BCUT2D eigenvalue weighted by Gasteiger charge is 2.39. The standard InChI is InChI=1S/C15H14BrF3N4O3/c1-7-6-10(23(25)26)4-5-11(7)20-14(24)9(3)22-8(2)12(16)13(21-22)15(17,18)19/h4-6,9H,1-3H3,(H,20,24). The number of carbonyl (C=O) groups excluding carboxylic acids is 1. The molecule has 0 saturated carbocycles. The molecule has 7 nitrogen and oxygen atoms in total. The number of alkyl halides is 3. The fourth-order valence-electron chi connectivity index (χ4n) is 2.31.